The van der Waals surface area contributed by atoms with E-state index in [1.54, 1.807) is 11.3 Å². The molecule has 0 atom stereocenters. The van der Waals surface area contributed by atoms with Crippen LogP contribution in [0.4, 0.5) is 0 Å². The highest BCUT2D eigenvalue weighted by Gasteiger charge is 2.10. The van der Waals surface area contributed by atoms with E-state index in [1.165, 1.54) is 5.56 Å². The van der Waals surface area contributed by atoms with E-state index in [0.717, 1.165) is 48.5 Å². The lowest BCUT2D eigenvalue weighted by Gasteiger charge is -2.21. The topological polar surface area (TPSA) is 58.3 Å². The molecule has 0 bridgehead atoms. The average Bonchev–Trinajstić information content (AvgIpc) is 3.32. The minimum atomic E-state index is 0.546. The zero-order valence-corrected chi connectivity index (χ0v) is 17.6. The van der Waals surface area contributed by atoms with E-state index in [0.29, 0.717) is 6.54 Å². The number of aryl methyl sites for hydroxylation is 3. The lowest BCUT2D eigenvalue weighted by molar-refractivity contribution is 0.470. The number of rotatable bonds is 8. The van der Waals surface area contributed by atoms with E-state index in [1.807, 2.05) is 32.4 Å². The molecule has 3 rings (SSSR count). The summed E-state index contributed by atoms with van der Waals surface area (Å²) in [6, 6.07) is 10.5. The molecule has 0 saturated heterocycles. The molecule has 0 amide bonds. The quantitative estimate of drug-likeness (QED) is 0.468. The van der Waals surface area contributed by atoms with Crippen LogP contribution < -0.4 is 5.32 Å². The zero-order chi connectivity index (χ0) is 19.8. The van der Waals surface area contributed by atoms with Crippen molar-refractivity contribution < 1.29 is 0 Å². The maximum Gasteiger partial charge on any atom is 0.194 e. The van der Waals surface area contributed by atoms with Gasteiger partial charge in [0.15, 0.2) is 5.96 Å². The summed E-state index contributed by atoms with van der Waals surface area (Å²) in [5.41, 5.74) is 2.40. The van der Waals surface area contributed by atoms with Crippen LogP contribution in [-0.4, -0.2) is 39.0 Å². The third-order valence-corrected chi connectivity index (χ3v) is 5.24. The lowest BCUT2D eigenvalue weighted by Crippen LogP contribution is -2.38. The summed E-state index contributed by atoms with van der Waals surface area (Å²) < 4.78 is 2.18. The van der Waals surface area contributed by atoms with E-state index in [-0.39, 0.29) is 0 Å². The SMILES string of the molecule is CCNC(=NCc1nccn1CCc1ccccc1)N(C)Cc1csc(C)n1. The Morgan fingerprint density at radius 1 is 1.29 bits per heavy atom. The van der Waals surface area contributed by atoms with E-state index in [2.05, 4.69) is 61.3 Å². The summed E-state index contributed by atoms with van der Waals surface area (Å²) in [7, 11) is 2.04. The number of thiazole rings is 1. The summed E-state index contributed by atoms with van der Waals surface area (Å²) >= 11 is 1.68. The zero-order valence-electron chi connectivity index (χ0n) is 16.8. The number of hydrogen-bond acceptors (Lipinski definition) is 4. The van der Waals surface area contributed by atoms with Gasteiger partial charge in [-0.2, -0.15) is 0 Å². The molecule has 0 spiro atoms. The van der Waals surface area contributed by atoms with E-state index in [9.17, 15) is 0 Å². The molecule has 0 aliphatic rings. The second-order valence-corrected chi connectivity index (χ2v) is 7.72. The van der Waals surface area contributed by atoms with E-state index < -0.39 is 0 Å². The minimum absolute atomic E-state index is 0.546. The largest absolute Gasteiger partial charge is 0.357 e. The van der Waals surface area contributed by atoms with Gasteiger partial charge in [0, 0.05) is 37.9 Å². The molecule has 0 saturated carbocycles. The molecular formula is C21H28N6S. The molecule has 0 fully saturated rings. The molecule has 1 N–H and O–H groups in total. The number of aliphatic imine (C=N–C) groups is 1. The molecule has 3 aromatic rings. The molecule has 0 aliphatic heterocycles. The average molecular weight is 397 g/mol. The van der Waals surface area contributed by atoms with Gasteiger partial charge in [0.1, 0.15) is 12.4 Å². The normalized spacial score (nSPS) is 11.6. The van der Waals surface area contributed by atoms with Crippen molar-refractivity contribution >= 4 is 17.3 Å². The Balaban J connectivity index is 1.63. The van der Waals surface area contributed by atoms with Gasteiger partial charge in [-0.3, -0.25) is 0 Å². The van der Waals surface area contributed by atoms with Gasteiger partial charge in [-0.05, 0) is 25.8 Å². The first-order chi connectivity index (χ1) is 13.7. The highest BCUT2D eigenvalue weighted by Crippen LogP contribution is 2.10. The third-order valence-electron chi connectivity index (χ3n) is 4.42. The van der Waals surface area contributed by atoms with Gasteiger partial charge in [-0.25, -0.2) is 15.0 Å². The maximum atomic E-state index is 4.80. The molecule has 6 nitrogen and oxygen atoms in total. The standard InChI is InChI=1S/C21H28N6S/c1-4-22-21(26(3)15-19-16-28-17(2)25-19)24-14-20-23-11-13-27(20)12-10-18-8-6-5-7-9-18/h5-9,11,13,16H,4,10,12,14-15H2,1-3H3,(H,22,24). The van der Waals surface area contributed by atoms with Crippen LogP contribution in [0.1, 0.15) is 29.0 Å². The molecule has 28 heavy (non-hydrogen) atoms. The van der Waals surface area contributed by atoms with Crippen molar-refractivity contribution in [2.45, 2.75) is 39.9 Å². The molecule has 2 aromatic heterocycles. The van der Waals surface area contributed by atoms with Gasteiger partial charge in [0.2, 0.25) is 0 Å². The fourth-order valence-corrected chi connectivity index (χ4v) is 3.61. The summed E-state index contributed by atoms with van der Waals surface area (Å²) in [5, 5.41) is 6.56. The fourth-order valence-electron chi connectivity index (χ4n) is 3.00. The van der Waals surface area contributed by atoms with Crippen molar-refractivity contribution in [2.75, 3.05) is 13.6 Å². The van der Waals surface area contributed by atoms with Crippen LogP contribution in [0.15, 0.2) is 53.1 Å². The van der Waals surface area contributed by atoms with Crippen molar-refractivity contribution in [3.05, 3.63) is 70.2 Å². The maximum absolute atomic E-state index is 4.80. The van der Waals surface area contributed by atoms with E-state index in [4.69, 9.17) is 4.99 Å². The molecule has 0 unspecified atom stereocenters. The van der Waals surface area contributed by atoms with Gasteiger partial charge in [0.25, 0.3) is 0 Å². The van der Waals surface area contributed by atoms with Crippen molar-refractivity contribution in [3.63, 3.8) is 0 Å². The number of nitrogens with zero attached hydrogens (tertiary/aromatic N) is 5. The molecule has 0 aliphatic carbocycles. The van der Waals surface area contributed by atoms with Crippen molar-refractivity contribution in [2.24, 2.45) is 4.99 Å². The van der Waals surface area contributed by atoms with Gasteiger partial charge in [0.05, 0.1) is 17.2 Å². The minimum Gasteiger partial charge on any atom is -0.357 e. The summed E-state index contributed by atoms with van der Waals surface area (Å²) in [5.74, 6) is 1.84. The number of aromatic nitrogens is 3. The van der Waals surface area contributed by atoms with Crippen LogP contribution >= 0.6 is 11.3 Å². The predicted octanol–water partition coefficient (Wildman–Crippen LogP) is 3.49. The summed E-state index contributed by atoms with van der Waals surface area (Å²) in [6.45, 7) is 7.12. The monoisotopic (exact) mass is 396 g/mol. The Kier molecular flexibility index (Phi) is 7.19. The Morgan fingerprint density at radius 3 is 2.82 bits per heavy atom. The highest BCUT2D eigenvalue weighted by atomic mass is 32.1. The first-order valence-electron chi connectivity index (χ1n) is 9.60. The smallest absolute Gasteiger partial charge is 0.194 e. The fraction of sp³-hybridized carbons (Fsp3) is 0.381. The number of imidazole rings is 1. The molecule has 2 heterocycles. The number of nitrogens with one attached hydrogen (secondary N) is 1. The van der Waals surface area contributed by atoms with Crippen molar-refractivity contribution in [3.8, 4) is 0 Å². The van der Waals surface area contributed by atoms with Gasteiger partial charge in [-0.15, -0.1) is 11.3 Å². The van der Waals surface area contributed by atoms with Crippen molar-refractivity contribution in [1.82, 2.24) is 24.8 Å². The first kappa shape index (κ1) is 20.1. The van der Waals surface area contributed by atoms with Crippen molar-refractivity contribution in [1.29, 1.82) is 0 Å². The van der Waals surface area contributed by atoms with Gasteiger partial charge in [-0.1, -0.05) is 30.3 Å². The molecule has 1 aromatic carbocycles. The van der Waals surface area contributed by atoms with Crippen LogP contribution in [-0.2, 0) is 26.1 Å². The highest BCUT2D eigenvalue weighted by molar-refractivity contribution is 7.09. The Labute approximate surface area is 171 Å². The second-order valence-electron chi connectivity index (χ2n) is 6.66. The molecule has 0 radical (unpaired) electrons. The first-order valence-corrected chi connectivity index (χ1v) is 10.5. The Morgan fingerprint density at radius 2 is 2.11 bits per heavy atom. The van der Waals surface area contributed by atoms with Crippen LogP contribution in [0.25, 0.3) is 0 Å². The Bertz CT molecular complexity index is 883. The number of benzene rings is 1. The van der Waals surface area contributed by atoms with Crippen LogP contribution in [0, 0.1) is 6.92 Å². The molecule has 7 heteroatoms. The Hall–Kier alpha value is -2.67. The van der Waals surface area contributed by atoms with Crippen LogP contribution in [0.2, 0.25) is 0 Å². The molecule has 148 valence electrons. The van der Waals surface area contributed by atoms with Gasteiger partial charge >= 0.3 is 0 Å². The van der Waals surface area contributed by atoms with Crippen LogP contribution in [0.3, 0.4) is 0 Å². The third kappa shape index (κ3) is 5.66. The van der Waals surface area contributed by atoms with E-state index >= 15 is 0 Å². The van der Waals surface area contributed by atoms with Crippen LogP contribution in [0.5, 0.6) is 0 Å². The summed E-state index contributed by atoms with van der Waals surface area (Å²) in [4.78, 5) is 16.0. The molecular weight excluding hydrogens is 368 g/mol. The predicted molar refractivity (Wildman–Crippen MR) is 116 cm³/mol. The number of guanidine groups is 1. The lowest BCUT2D eigenvalue weighted by atomic mass is 10.1. The number of hydrogen-bond donors (Lipinski definition) is 1. The summed E-state index contributed by atoms with van der Waals surface area (Å²) in [6.07, 6.45) is 4.87. The van der Waals surface area contributed by atoms with Gasteiger partial charge < -0.3 is 14.8 Å². The second kappa shape index (κ2) is 10.0.